The zero-order valence-corrected chi connectivity index (χ0v) is 16.9. The van der Waals surface area contributed by atoms with E-state index in [1.807, 2.05) is 67.7 Å². The van der Waals surface area contributed by atoms with E-state index in [0.29, 0.717) is 0 Å². The van der Waals surface area contributed by atoms with Crippen molar-refractivity contribution in [1.82, 2.24) is 14.3 Å². The van der Waals surface area contributed by atoms with E-state index in [1.165, 1.54) is 4.68 Å². The number of hydrogen-bond donors (Lipinski definition) is 2. The molecular formula is C24H20N6O. The summed E-state index contributed by atoms with van der Waals surface area (Å²) in [7, 11) is 1.99. The number of fused-ring (bicyclic) bond motifs is 1. The van der Waals surface area contributed by atoms with E-state index < -0.39 is 0 Å². The van der Waals surface area contributed by atoms with Crippen molar-refractivity contribution in [1.29, 1.82) is 10.5 Å². The van der Waals surface area contributed by atoms with Gasteiger partial charge in [-0.25, -0.2) is 4.68 Å². The molecule has 152 valence electrons. The fraction of sp³-hybridized carbons (Fsp3) is 0.125. The summed E-state index contributed by atoms with van der Waals surface area (Å²) in [6.07, 6.45) is 1.76. The lowest BCUT2D eigenvalue weighted by molar-refractivity contribution is 0.270. The maximum atomic E-state index is 9.96. The molecule has 7 heteroatoms. The fourth-order valence-corrected chi connectivity index (χ4v) is 3.85. The minimum absolute atomic E-state index is 0.128. The molecule has 2 aromatic carbocycles. The van der Waals surface area contributed by atoms with E-state index >= 15 is 0 Å². The van der Waals surface area contributed by atoms with Crippen LogP contribution in [0.2, 0.25) is 0 Å². The number of nitriles is 2. The molecule has 4 rings (SSSR count). The molecule has 0 aliphatic carbocycles. The number of anilines is 1. The largest absolute Gasteiger partial charge is 0.394 e. The van der Waals surface area contributed by atoms with E-state index in [2.05, 4.69) is 15.7 Å². The van der Waals surface area contributed by atoms with E-state index in [0.717, 1.165) is 27.7 Å². The van der Waals surface area contributed by atoms with Crippen LogP contribution >= 0.6 is 0 Å². The molecule has 7 nitrogen and oxygen atoms in total. The molecule has 0 amide bonds. The number of allylic oxidation sites excluding steroid dienone is 1. The number of aryl methyl sites for hydroxylation is 1. The number of rotatable bonds is 5. The second kappa shape index (κ2) is 8.19. The molecule has 0 saturated carbocycles. The van der Waals surface area contributed by atoms with Crippen LogP contribution in [0, 0.1) is 22.7 Å². The molecule has 0 radical (unpaired) electrons. The maximum absolute atomic E-state index is 9.96. The first-order chi connectivity index (χ1) is 15.1. The number of para-hydroxylation sites is 1. The van der Waals surface area contributed by atoms with Gasteiger partial charge in [-0.05, 0) is 17.7 Å². The molecule has 0 spiro atoms. The Morgan fingerprint density at radius 1 is 1.13 bits per heavy atom. The van der Waals surface area contributed by atoms with Crippen molar-refractivity contribution in [3.05, 3.63) is 71.4 Å². The third-order valence-corrected chi connectivity index (χ3v) is 5.27. The first kappa shape index (κ1) is 20.0. The summed E-state index contributed by atoms with van der Waals surface area (Å²) in [5.74, 6) is 0.133. The van der Waals surface area contributed by atoms with E-state index in [1.54, 1.807) is 6.08 Å². The molecule has 0 fully saturated rings. The number of nitrogens with zero attached hydrogens (tertiary/aromatic N) is 5. The molecule has 31 heavy (non-hydrogen) atoms. The number of nitrogens with two attached hydrogens (primary N) is 1. The summed E-state index contributed by atoms with van der Waals surface area (Å²) in [5, 5.41) is 34.1. The van der Waals surface area contributed by atoms with Crippen LogP contribution in [0.25, 0.3) is 33.8 Å². The molecule has 3 N–H and O–H groups in total. The lowest BCUT2D eigenvalue weighted by Gasteiger charge is -2.06. The highest BCUT2D eigenvalue weighted by atomic mass is 16.3. The van der Waals surface area contributed by atoms with Gasteiger partial charge in [0.15, 0.2) is 0 Å². The Morgan fingerprint density at radius 2 is 1.84 bits per heavy atom. The summed E-state index contributed by atoms with van der Waals surface area (Å²) in [6, 6.07) is 22.1. The third-order valence-electron chi connectivity index (χ3n) is 5.27. The smallest absolute Gasteiger partial charge is 0.140 e. The molecule has 0 saturated heterocycles. The molecule has 0 aliphatic heterocycles. The van der Waals surface area contributed by atoms with Crippen LogP contribution in [0.15, 0.2) is 54.6 Å². The summed E-state index contributed by atoms with van der Waals surface area (Å²) in [6.45, 7) is -0.0357. The van der Waals surface area contributed by atoms with E-state index in [-0.39, 0.29) is 35.8 Å². The van der Waals surface area contributed by atoms with Crippen molar-refractivity contribution in [2.24, 2.45) is 7.05 Å². The molecule has 0 atom stereocenters. The van der Waals surface area contributed by atoms with Crippen molar-refractivity contribution >= 4 is 28.4 Å². The Hall–Kier alpha value is -4.33. The van der Waals surface area contributed by atoms with Crippen LogP contribution in [0.4, 0.5) is 5.82 Å². The molecule has 0 bridgehead atoms. The highest BCUT2D eigenvalue weighted by Gasteiger charge is 2.21. The minimum Gasteiger partial charge on any atom is -0.394 e. The van der Waals surface area contributed by atoms with Gasteiger partial charge in [0.25, 0.3) is 0 Å². The molecule has 2 heterocycles. The number of aliphatic hydroxyl groups is 1. The summed E-state index contributed by atoms with van der Waals surface area (Å²) >= 11 is 0. The highest BCUT2D eigenvalue weighted by Crippen LogP contribution is 2.36. The SMILES string of the molecule is Cn1c(-c2ccccc2)c(C=C(C#N)c2nn(CCO)c(N)c2C#N)c2ccccc21. The topological polar surface area (TPSA) is 117 Å². The average molecular weight is 408 g/mol. The van der Waals surface area contributed by atoms with Gasteiger partial charge in [-0.3, -0.25) is 0 Å². The predicted octanol–water partition coefficient (Wildman–Crippen LogP) is 3.55. The van der Waals surface area contributed by atoms with Gasteiger partial charge in [-0.15, -0.1) is 0 Å². The van der Waals surface area contributed by atoms with E-state index in [4.69, 9.17) is 5.73 Å². The Kier molecular flexibility index (Phi) is 5.28. The first-order valence-corrected chi connectivity index (χ1v) is 9.73. The summed E-state index contributed by atoms with van der Waals surface area (Å²) < 4.78 is 3.44. The third kappa shape index (κ3) is 3.33. The molecule has 2 aromatic heterocycles. The van der Waals surface area contributed by atoms with Gasteiger partial charge in [0, 0.05) is 23.5 Å². The van der Waals surface area contributed by atoms with Gasteiger partial charge in [-0.2, -0.15) is 15.6 Å². The standard InChI is InChI=1S/C24H20N6O/c1-29-21-10-6-5-9-18(21)19(23(29)16-7-3-2-4-8-16)13-17(14-25)22-20(15-26)24(27)30(28-22)11-12-31/h2-10,13,31H,11-12,27H2,1H3. The van der Waals surface area contributed by atoms with Crippen molar-refractivity contribution in [2.75, 3.05) is 12.3 Å². The maximum Gasteiger partial charge on any atom is 0.140 e. The zero-order valence-electron chi connectivity index (χ0n) is 16.9. The van der Waals surface area contributed by atoms with Gasteiger partial charge in [0.2, 0.25) is 0 Å². The van der Waals surface area contributed by atoms with Crippen molar-refractivity contribution in [2.45, 2.75) is 6.54 Å². The van der Waals surface area contributed by atoms with Gasteiger partial charge in [0.05, 0.1) is 24.4 Å². The summed E-state index contributed by atoms with van der Waals surface area (Å²) in [4.78, 5) is 0. The lowest BCUT2D eigenvalue weighted by Crippen LogP contribution is -2.07. The van der Waals surface area contributed by atoms with Gasteiger partial charge in [0.1, 0.15) is 29.2 Å². The number of hydrogen-bond acceptors (Lipinski definition) is 5. The Balaban J connectivity index is 2.01. The molecule has 4 aromatic rings. The van der Waals surface area contributed by atoms with Crippen molar-refractivity contribution < 1.29 is 5.11 Å². The Morgan fingerprint density at radius 3 is 2.52 bits per heavy atom. The second-order valence-electron chi connectivity index (χ2n) is 7.04. The molecule has 0 unspecified atom stereocenters. The predicted molar refractivity (Wildman–Crippen MR) is 120 cm³/mol. The lowest BCUT2D eigenvalue weighted by atomic mass is 10.0. The second-order valence-corrected chi connectivity index (χ2v) is 7.04. The van der Waals surface area contributed by atoms with Crippen LogP contribution in [0.5, 0.6) is 0 Å². The van der Waals surface area contributed by atoms with Crippen LogP contribution in [0.1, 0.15) is 16.8 Å². The number of benzene rings is 2. The van der Waals surface area contributed by atoms with Crippen LogP contribution < -0.4 is 5.73 Å². The highest BCUT2D eigenvalue weighted by molar-refractivity contribution is 6.03. The number of aliphatic hydroxyl groups excluding tert-OH is 1. The zero-order chi connectivity index (χ0) is 22.0. The quantitative estimate of drug-likeness (QED) is 0.490. The number of aromatic nitrogens is 3. The monoisotopic (exact) mass is 408 g/mol. The van der Waals surface area contributed by atoms with Crippen LogP contribution in [-0.2, 0) is 13.6 Å². The van der Waals surface area contributed by atoms with Crippen molar-refractivity contribution in [3.63, 3.8) is 0 Å². The Bertz CT molecular complexity index is 1380. The van der Waals surface area contributed by atoms with Gasteiger partial charge < -0.3 is 15.4 Å². The van der Waals surface area contributed by atoms with Crippen LogP contribution in [0.3, 0.4) is 0 Å². The van der Waals surface area contributed by atoms with E-state index in [9.17, 15) is 15.6 Å². The Labute approximate surface area is 179 Å². The van der Waals surface area contributed by atoms with Crippen LogP contribution in [-0.4, -0.2) is 26.1 Å². The van der Waals surface area contributed by atoms with Gasteiger partial charge >= 0.3 is 0 Å². The van der Waals surface area contributed by atoms with Gasteiger partial charge in [-0.1, -0.05) is 48.5 Å². The average Bonchev–Trinajstić information content (AvgIpc) is 3.26. The minimum atomic E-state index is -0.177. The van der Waals surface area contributed by atoms with Crippen molar-refractivity contribution in [3.8, 4) is 23.4 Å². The normalized spacial score (nSPS) is 11.4. The molecule has 0 aliphatic rings. The molecular weight excluding hydrogens is 388 g/mol. The summed E-state index contributed by atoms with van der Waals surface area (Å²) in [5.41, 5.74) is 10.4. The fourth-order valence-electron chi connectivity index (χ4n) is 3.85. The number of nitrogen functional groups attached to an aromatic ring is 1. The first-order valence-electron chi connectivity index (χ1n) is 9.73.